The van der Waals surface area contributed by atoms with Crippen molar-refractivity contribution >= 4 is 11.8 Å². The van der Waals surface area contributed by atoms with E-state index in [2.05, 4.69) is 5.32 Å². The van der Waals surface area contributed by atoms with Gasteiger partial charge in [-0.25, -0.2) is 0 Å². The number of amides is 2. The molecule has 0 radical (unpaired) electrons. The van der Waals surface area contributed by atoms with Crippen molar-refractivity contribution in [2.45, 2.75) is 31.7 Å². The van der Waals surface area contributed by atoms with Crippen LogP contribution in [-0.4, -0.2) is 65.4 Å². The molecule has 9 nitrogen and oxygen atoms in total. The van der Waals surface area contributed by atoms with Crippen LogP contribution in [0.2, 0.25) is 0 Å². The van der Waals surface area contributed by atoms with E-state index in [0.29, 0.717) is 59.4 Å². The summed E-state index contributed by atoms with van der Waals surface area (Å²) in [6, 6.07) is 16.1. The first-order valence-electron chi connectivity index (χ1n) is 13.6. The van der Waals surface area contributed by atoms with Crippen LogP contribution in [0, 0.1) is 0 Å². The van der Waals surface area contributed by atoms with Gasteiger partial charge in [0.25, 0.3) is 5.91 Å². The molecule has 0 fully saturated rings. The van der Waals surface area contributed by atoms with Crippen molar-refractivity contribution in [3.63, 3.8) is 0 Å². The third-order valence-corrected chi connectivity index (χ3v) is 7.38. The number of fused-ring (bicyclic) bond motifs is 1. The van der Waals surface area contributed by atoms with Crippen LogP contribution in [0.4, 0.5) is 0 Å². The fraction of sp³-hybridized carbons (Fsp3) is 0.375. The first-order valence-corrected chi connectivity index (χ1v) is 13.6. The van der Waals surface area contributed by atoms with E-state index >= 15 is 0 Å². The minimum Gasteiger partial charge on any atom is -0.493 e. The SMILES string of the molecule is CCCN1C(=O)c2ccccc2[C@H](C(=O)NCCc2ccc(OC)c(OC)c2)[C@H]1c1cc(OC)c(OC)c(OC)c1. The van der Waals surface area contributed by atoms with Crippen LogP contribution in [0.15, 0.2) is 54.6 Å². The molecule has 41 heavy (non-hydrogen) atoms. The van der Waals surface area contributed by atoms with Gasteiger partial charge in [-0.2, -0.15) is 0 Å². The quantitative estimate of drug-likeness (QED) is 0.340. The number of hydrogen-bond acceptors (Lipinski definition) is 7. The lowest BCUT2D eigenvalue weighted by Crippen LogP contribution is -2.47. The van der Waals surface area contributed by atoms with Gasteiger partial charge < -0.3 is 33.9 Å². The summed E-state index contributed by atoms with van der Waals surface area (Å²) in [6.07, 6.45) is 1.31. The third-order valence-electron chi connectivity index (χ3n) is 7.38. The number of ether oxygens (including phenoxy) is 5. The molecule has 0 aromatic heterocycles. The van der Waals surface area contributed by atoms with Crippen LogP contribution < -0.4 is 29.0 Å². The topological polar surface area (TPSA) is 95.6 Å². The molecule has 2 amide bonds. The van der Waals surface area contributed by atoms with Crippen LogP contribution in [0.3, 0.4) is 0 Å². The molecule has 1 aliphatic rings. The summed E-state index contributed by atoms with van der Waals surface area (Å²) in [6.45, 7) is 2.89. The lowest BCUT2D eigenvalue weighted by Gasteiger charge is -2.42. The van der Waals surface area contributed by atoms with E-state index in [4.69, 9.17) is 23.7 Å². The van der Waals surface area contributed by atoms with Crippen molar-refractivity contribution in [2.24, 2.45) is 0 Å². The molecular formula is C32H38N2O7. The normalized spacial score (nSPS) is 16.0. The second-order valence-electron chi connectivity index (χ2n) is 9.70. The lowest BCUT2D eigenvalue weighted by atomic mass is 9.79. The molecule has 0 bridgehead atoms. The van der Waals surface area contributed by atoms with Crippen molar-refractivity contribution in [1.29, 1.82) is 0 Å². The maximum atomic E-state index is 14.1. The molecular weight excluding hydrogens is 524 g/mol. The van der Waals surface area contributed by atoms with Gasteiger partial charge in [-0.05, 0) is 59.9 Å². The van der Waals surface area contributed by atoms with Gasteiger partial charge in [0.05, 0.1) is 47.5 Å². The van der Waals surface area contributed by atoms with Crippen molar-refractivity contribution < 1.29 is 33.3 Å². The molecule has 218 valence electrons. The highest BCUT2D eigenvalue weighted by molar-refractivity contribution is 6.01. The monoisotopic (exact) mass is 562 g/mol. The van der Waals surface area contributed by atoms with E-state index in [1.165, 1.54) is 0 Å². The molecule has 3 aromatic carbocycles. The largest absolute Gasteiger partial charge is 0.493 e. The number of methoxy groups -OCH3 is 5. The van der Waals surface area contributed by atoms with Gasteiger partial charge in [0.15, 0.2) is 23.0 Å². The molecule has 0 spiro atoms. The Morgan fingerprint density at radius 1 is 0.829 bits per heavy atom. The van der Waals surface area contributed by atoms with Crippen LogP contribution in [0.25, 0.3) is 0 Å². The maximum absolute atomic E-state index is 14.1. The van der Waals surface area contributed by atoms with Gasteiger partial charge in [0.2, 0.25) is 11.7 Å². The van der Waals surface area contributed by atoms with E-state index in [0.717, 1.165) is 17.5 Å². The number of carbonyl (C=O) groups is 2. The predicted octanol–water partition coefficient (Wildman–Crippen LogP) is 4.78. The minimum atomic E-state index is -0.663. The molecule has 2 atom stereocenters. The van der Waals surface area contributed by atoms with Crippen LogP contribution >= 0.6 is 0 Å². The van der Waals surface area contributed by atoms with Crippen LogP contribution in [0.5, 0.6) is 28.7 Å². The van der Waals surface area contributed by atoms with Gasteiger partial charge in [-0.15, -0.1) is 0 Å². The molecule has 4 rings (SSSR count). The molecule has 3 aromatic rings. The van der Waals surface area contributed by atoms with E-state index in [1.54, 1.807) is 46.5 Å². The molecule has 0 saturated carbocycles. The third kappa shape index (κ3) is 5.89. The number of nitrogens with zero attached hydrogens (tertiary/aromatic N) is 1. The molecule has 9 heteroatoms. The van der Waals surface area contributed by atoms with E-state index in [9.17, 15) is 9.59 Å². The van der Waals surface area contributed by atoms with E-state index in [-0.39, 0.29) is 11.8 Å². The fourth-order valence-electron chi connectivity index (χ4n) is 5.48. The standard InChI is InChI=1S/C32H38N2O7/c1-7-16-34-29(21-18-26(39-4)30(41-6)27(19-21)40-5)28(22-10-8-9-11-23(22)32(34)36)31(35)33-15-14-20-12-13-24(37-2)25(17-20)38-3/h8-13,17-19,28-29H,7,14-16H2,1-6H3,(H,33,35)/t28-,29+/m0/s1. The van der Waals surface area contributed by atoms with Crippen molar-refractivity contribution in [2.75, 3.05) is 48.6 Å². The lowest BCUT2D eigenvalue weighted by molar-refractivity contribution is -0.124. The Kier molecular flexibility index (Phi) is 9.60. The molecule has 1 N–H and O–H groups in total. The zero-order chi connectivity index (χ0) is 29.5. The zero-order valence-corrected chi connectivity index (χ0v) is 24.5. The second kappa shape index (κ2) is 13.3. The van der Waals surface area contributed by atoms with E-state index in [1.807, 2.05) is 55.5 Å². The van der Waals surface area contributed by atoms with Gasteiger partial charge >= 0.3 is 0 Å². The molecule has 0 unspecified atom stereocenters. The highest BCUT2D eigenvalue weighted by Crippen LogP contribution is 2.47. The maximum Gasteiger partial charge on any atom is 0.254 e. The van der Waals surface area contributed by atoms with Crippen molar-refractivity contribution in [1.82, 2.24) is 10.2 Å². The fourth-order valence-corrected chi connectivity index (χ4v) is 5.48. The summed E-state index contributed by atoms with van der Waals surface area (Å²) in [5.41, 5.74) is 2.93. The van der Waals surface area contributed by atoms with Crippen LogP contribution in [-0.2, 0) is 11.2 Å². The predicted molar refractivity (Wildman–Crippen MR) is 156 cm³/mol. The summed E-state index contributed by atoms with van der Waals surface area (Å²) in [7, 11) is 7.82. The van der Waals surface area contributed by atoms with Crippen molar-refractivity contribution in [3.8, 4) is 28.7 Å². The highest BCUT2D eigenvalue weighted by Gasteiger charge is 2.44. The number of benzene rings is 3. The second-order valence-corrected chi connectivity index (χ2v) is 9.70. The highest BCUT2D eigenvalue weighted by atomic mass is 16.5. The first-order chi connectivity index (χ1) is 19.9. The minimum absolute atomic E-state index is 0.115. The molecule has 1 heterocycles. The Balaban J connectivity index is 1.73. The van der Waals surface area contributed by atoms with Crippen LogP contribution in [0.1, 0.15) is 52.4 Å². The van der Waals surface area contributed by atoms with E-state index < -0.39 is 12.0 Å². The van der Waals surface area contributed by atoms with Gasteiger partial charge in [-0.3, -0.25) is 9.59 Å². The number of rotatable bonds is 12. The zero-order valence-electron chi connectivity index (χ0n) is 24.5. The molecule has 1 aliphatic heterocycles. The summed E-state index contributed by atoms with van der Waals surface area (Å²) >= 11 is 0. The Morgan fingerprint density at radius 3 is 2.10 bits per heavy atom. The van der Waals surface area contributed by atoms with Gasteiger partial charge in [0.1, 0.15) is 0 Å². The average molecular weight is 563 g/mol. The Bertz CT molecular complexity index is 1370. The molecule has 0 aliphatic carbocycles. The van der Waals surface area contributed by atoms with Gasteiger partial charge in [0, 0.05) is 18.7 Å². The summed E-state index contributed by atoms with van der Waals surface area (Å²) < 4.78 is 27.5. The summed E-state index contributed by atoms with van der Waals surface area (Å²) in [5, 5.41) is 3.13. The Hall–Kier alpha value is -4.40. The average Bonchev–Trinajstić information content (AvgIpc) is 3.01. The number of hydrogen-bond donors (Lipinski definition) is 1. The smallest absolute Gasteiger partial charge is 0.254 e. The first kappa shape index (κ1) is 29.6. The van der Waals surface area contributed by atoms with Gasteiger partial charge in [-0.1, -0.05) is 31.2 Å². The summed E-state index contributed by atoms with van der Waals surface area (Å²) in [5.74, 6) is 1.68. The summed E-state index contributed by atoms with van der Waals surface area (Å²) in [4.78, 5) is 29.6. The number of carbonyl (C=O) groups excluding carboxylic acids is 2. The molecule has 0 saturated heterocycles. The Morgan fingerprint density at radius 2 is 1.49 bits per heavy atom. The number of nitrogens with one attached hydrogen (secondary N) is 1. The Labute approximate surface area is 241 Å². The van der Waals surface area contributed by atoms with Crippen molar-refractivity contribution in [3.05, 3.63) is 76.9 Å².